The Labute approximate surface area is 106 Å². The Morgan fingerprint density at radius 2 is 1.65 bits per heavy atom. The number of hydrogen-bond acceptors (Lipinski definition) is 0. The Hall–Kier alpha value is -1.22. The molecule has 0 fully saturated rings. The van der Waals surface area contributed by atoms with Gasteiger partial charge in [0.15, 0.2) is 0 Å². The van der Waals surface area contributed by atoms with E-state index in [4.69, 9.17) is 0 Å². The molecule has 0 heterocycles. The molecule has 0 bridgehead atoms. The van der Waals surface area contributed by atoms with Crippen molar-refractivity contribution in [3.8, 4) is 11.8 Å². The van der Waals surface area contributed by atoms with Gasteiger partial charge in [0.25, 0.3) is 0 Å². The first-order chi connectivity index (χ1) is 8.31. The van der Waals surface area contributed by atoms with Gasteiger partial charge >= 0.3 is 0 Å². The first kappa shape index (κ1) is 13.8. The summed E-state index contributed by atoms with van der Waals surface area (Å²) >= 11 is 0. The third-order valence-electron chi connectivity index (χ3n) is 3.08. The summed E-state index contributed by atoms with van der Waals surface area (Å²) in [7, 11) is 0. The van der Waals surface area contributed by atoms with Crippen LogP contribution in [0, 0.1) is 11.8 Å². The van der Waals surface area contributed by atoms with Gasteiger partial charge in [-0.1, -0.05) is 39.0 Å². The third kappa shape index (κ3) is 4.65. The van der Waals surface area contributed by atoms with E-state index in [0.29, 0.717) is 0 Å². The Morgan fingerprint density at radius 1 is 0.882 bits per heavy atom. The Bertz CT molecular complexity index is 390. The van der Waals surface area contributed by atoms with Crippen LogP contribution in [0.3, 0.4) is 0 Å². The number of benzene rings is 1. The highest BCUT2D eigenvalue weighted by atomic mass is 14.1. The summed E-state index contributed by atoms with van der Waals surface area (Å²) in [5, 5.41) is 0. The fourth-order valence-corrected chi connectivity index (χ4v) is 1.98. The molecule has 1 aromatic carbocycles. The van der Waals surface area contributed by atoms with Gasteiger partial charge in [-0.15, -0.1) is 11.8 Å². The first-order valence-corrected chi connectivity index (χ1v) is 6.88. The molecule has 0 aliphatic carbocycles. The smallest absolute Gasteiger partial charge is 0.0129 e. The first-order valence-electron chi connectivity index (χ1n) is 6.88. The second kappa shape index (κ2) is 7.96. The molecule has 0 spiro atoms. The van der Waals surface area contributed by atoms with E-state index in [0.717, 1.165) is 32.1 Å². The zero-order valence-corrected chi connectivity index (χ0v) is 11.5. The Morgan fingerprint density at radius 3 is 2.29 bits per heavy atom. The lowest BCUT2D eigenvalue weighted by atomic mass is 9.97. The fourth-order valence-electron chi connectivity index (χ4n) is 1.98. The number of aryl methyl sites for hydroxylation is 3. The van der Waals surface area contributed by atoms with Gasteiger partial charge in [-0.2, -0.15) is 0 Å². The molecule has 17 heavy (non-hydrogen) atoms. The zero-order chi connectivity index (χ0) is 12.5. The topological polar surface area (TPSA) is 0 Å². The average molecular weight is 228 g/mol. The molecule has 0 aliphatic heterocycles. The molecule has 0 aliphatic rings. The van der Waals surface area contributed by atoms with Crippen molar-refractivity contribution in [3.05, 3.63) is 34.9 Å². The molecule has 0 unspecified atom stereocenters. The van der Waals surface area contributed by atoms with Gasteiger partial charge in [0.2, 0.25) is 0 Å². The van der Waals surface area contributed by atoms with E-state index in [9.17, 15) is 0 Å². The summed E-state index contributed by atoms with van der Waals surface area (Å²) in [5.74, 6) is 6.49. The van der Waals surface area contributed by atoms with E-state index >= 15 is 0 Å². The summed E-state index contributed by atoms with van der Waals surface area (Å²) in [4.78, 5) is 0. The second-order valence-corrected chi connectivity index (χ2v) is 4.41. The van der Waals surface area contributed by atoms with E-state index in [1.54, 1.807) is 0 Å². The molecule has 0 atom stereocenters. The fraction of sp³-hybridized carbons (Fsp3) is 0.529. The van der Waals surface area contributed by atoms with Crippen molar-refractivity contribution < 1.29 is 0 Å². The zero-order valence-electron chi connectivity index (χ0n) is 11.5. The molecule has 92 valence electrons. The number of hydrogen-bond donors (Lipinski definition) is 0. The quantitative estimate of drug-likeness (QED) is 0.649. The normalized spacial score (nSPS) is 9.82. The van der Waals surface area contributed by atoms with Crippen LogP contribution in [-0.2, 0) is 19.3 Å². The molecular formula is C17H24. The van der Waals surface area contributed by atoms with Crippen molar-refractivity contribution in [1.29, 1.82) is 0 Å². The van der Waals surface area contributed by atoms with Crippen molar-refractivity contribution >= 4 is 0 Å². The van der Waals surface area contributed by atoms with Crippen LogP contribution in [-0.4, -0.2) is 0 Å². The maximum absolute atomic E-state index is 3.27. The highest BCUT2D eigenvalue weighted by molar-refractivity contribution is 5.32. The van der Waals surface area contributed by atoms with Gasteiger partial charge in [-0.25, -0.2) is 0 Å². The summed E-state index contributed by atoms with van der Waals surface area (Å²) in [6.45, 7) is 6.62. The van der Waals surface area contributed by atoms with E-state index < -0.39 is 0 Å². The van der Waals surface area contributed by atoms with Crippen LogP contribution >= 0.6 is 0 Å². The van der Waals surface area contributed by atoms with Crippen LogP contribution in [0.25, 0.3) is 0 Å². The average Bonchev–Trinajstić information content (AvgIpc) is 2.38. The summed E-state index contributed by atoms with van der Waals surface area (Å²) in [5.41, 5.74) is 4.43. The minimum atomic E-state index is 1.00. The predicted octanol–water partition coefficient (Wildman–Crippen LogP) is 4.55. The number of unbranched alkanes of at least 4 members (excludes halogenated alkanes) is 1. The van der Waals surface area contributed by atoms with Crippen LogP contribution in [0.2, 0.25) is 0 Å². The van der Waals surface area contributed by atoms with Gasteiger partial charge in [0.1, 0.15) is 0 Å². The lowest BCUT2D eigenvalue weighted by Gasteiger charge is -2.08. The minimum Gasteiger partial charge on any atom is -0.103 e. The molecule has 0 saturated carbocycles. The van der Waals surface area contributed by atoms with Crippen molar-refractivity contribution in [1.82, 2.24) is 0 Å². The molecule has 0 amide bonds. The Kier molecular flexibility index (Phi) is 6.48. The molecule has 0 heteroatoms. The van der Waals surface area contributed by atoms with Crippen LogP contribution < -0.4 is 0 Å². The molecule has 1 rings (SSSR count). The third-order valence-corrected chi connectivity index (χ3v) is 3.08. The minimum absolute atomic E-state index is 1.00. The summed E-state index contributed by atoms with van der Waals surface area (Å²) in [6, 6.07) is 6.90. The van der Waals surface area contributed by atoms with Gasteiger partial charge in [0.05, 0.1) is 0 Å². The maximum Gasteiger partial charge on any atom is 0.0129 e. The summed E-state index contributed by atoms with van der Waals surface area (Å²) in [6.07, 6.45) is 6.56. The van der Waals surface area contributed by atoms with Crippen LogP contribution in [0.5, 0.6) is 0 Å². The van der Waals surface area contributed by atoms with Crippen molar-refractivity contribution in [2.75, 3.05) is 0 Å². The molecule has 0 saturated heterocycles. The molecule has 1 aromatic rings. The van der Waals surface area contributed by atoms with Gasteiger partial charge < -0.3 is 0 Å². The highest BCUT2D eigenvalue weighted by Crippen LogP contribution is 2.15. The maximum atomic E-state index is 3.27. The van der Waals surface area contributed by atoms with Gasteiger partial charge in [-0.05, 0) is 42.4 Å². The number of rotatable bonds is 5. The Balaban J connectivity index is 2.65. The van der Waals surface area contributed by atoms with E-state index in [-0.39, 0.29) is 0 Å². The lowest BCUT2D eigenvalue weighted by molar-refractivity contribution is 0.955. The summed E-state index contributed by atoms with van der Waals surface area (Å²) < 4.78 is 0. The second-order valence-electron chi connectivity index (χ2n) is 4.41. The molecular weight excluding hydrogens is 204 g/mol. The molecule has 0 aromatic heterocycles. The molecule has 0 nitrogen and oxygen atoms in total. The molecule has 0 N–H and O–H groups in total. The van der Waals surface area contributed by atoms with Crippen molar-refractivity contribution in [2.24, 2.45) is 0 Å². The van der Waals surface area contributed by atoms with E-state index in [2.05, 4.69) is 50.8 Å². The van der Waals surface area contributed by atoms with Crippen LogP contribution in [0.4, 0.5) is 0 Å². The molecule has 0 radical (unpaired) electrons. The van der Waals surface area contributed by atoms with E-state index in [1.165, 1.54) is 23.1 Å². The van der Waals surface area contributed by atoms with Crippen molar-refractivity contribution in [3.63, 3.8) is 0 Å². The van der Waals surface area contributed by atoms with Gasteiger partial charge in [0, 0.05) is 12.8 Å². The van der Waals surface area contributed by atoms with Crippen LogP contribution in [0.15, 0.2) is 18.2 Å². The monoisotopic (exact) mass is 228 g/mol. The SMILES string of the molecule is CCCC#CCCc1cc(CC)ccc1CC. The largest absolute Gasteiger partial charge is 0.103 e. The van der Waals surface area contributed by atoms with Crippen molar-refractivity contribution in [2.45, 2.75) is 59.3 Å². The lowest BCUT2D eigenvalue weighted by Crippen LogP contribution is -1.94. The predicted molar refractivity (Wildman–Crippen MR) is 76.2 cm³/mol. The van der Waals surface area contributed by atoms with Gasteiger partial charge in [-0.3, -0.25) is 0 Å². The highest BCUT2D eigenvalue weighted by Gasteiger charge is 2.01. The van der Waals surface area contributed by atoms with E-state index in [1.807, 2.05) is 0 Å². The van der Waals surface area contributed by atoms with Crippen LogP contribution in [0.1, 0.15) is 56.7 Å². The standard InChI is InChI=1S/C17H24/c1-4-7-8-9-10-11-17-14-15(5-2)12-13-16(17)6-3/h12-14H,4-7,10-11H2,1-3H3.